The minimum atomic E-state index is 0.303. The summed E-state index contributed by atoms with van der Waals surface area (Å²) in [4.78, 5) is 0. The first-order valence-corrected chi connectivity index (χ1v) is 7.53. The summed E-state index contributed by atoms with van der Waals surface area (Å²) in [7, 11) is 0. The van der Waals surface area contributed by atoms with Crippen molar-refractivity contribution < 1.29 is 0 Å². The Labute approximate surface area is 113 Å². The summed E-state index contributed by atoms with van der Waals surface area (Å²) in [6, 6.07) is 8.42. The predicted molar refractivity (Wildman–Crippen MR) is 77.5 cm³/mol. The van der Waals surface area contributed by atoms with Gasteiger partial charge in [0.15, 0.2) is 0 Å². The fraction of sp³-hybridized carbons (Fsp3) is 0.571. The number of nitrogens with two attached hydrogens (primary N) is 1. The number of benzene rings is 1. The van der Waals surface area contributed by atoms with Crippen LogP contribution in [0.1, 0.15) is 32.3 Å². The van der Waals surface area contributed by atoms with Gasteiger partial charge in [-0.2, -0.15) is 11.8 Å². The van der Waals surface area contributed by atoms with Crippen LogP contribution >= 0.6 is 23.4 Å². The Morgan fingerprint density at radius 1 is 1.35 bits per heavy atom. The second-order valence-corrected chi connectivity index (χ2v) is 7.19. The molecule has 1 aromatic rings. The minimum Gasteiger partial charge on any atom is -0.326 e. The fourth-order valence-electron chi connectivity index (χ4n) is 2.33. The van der Waals surface area contributed by atoms with Crippen LogP contribution in [-0.4, -0.2) is 11.3 Å². The van der Waals surface area contributed by atoms with Crippen molar-refractivity contribution in [3.8, 4) is 0 Å². The third-order valence-electron chi connectivity index (χ3n) is 3.75. The van der Waals surface area contributed by atoms with Crippen molar-refractivity contribution in [2.24, 2.45) is 11.1 Å². The van der Waals surface area contributed by atoms with Crippen LogP contribution in [-0.2, 0) is 5.75 Å². The van der Waals surface area contributed by atoms with Gasteiger partial charge >= 0.3 is 0 Å². The zero-order chi connectivity index (χ0) is 12.5. The summed E-state index contributed by atoms with van der Waals surface area (Å²) < 4.78 is 0. The first kappa shape index (κ1) is 13.3. The Hall–Kier alpha value is -0.180. The smallest absolute Gasteiger partial charge is 0.0406 e. The first-order chi connectivity index (χ1) is 7.99. The molecular weight excluding hydrogens is 250 g/mol. The average Bonchev–Trinajstić information content (AvgIpc) is 2.55. The molecule has 1 aromatic carbocycles. The Morgan fingerprint density at radius 3 is 2.53 bits per heavy atom. The summed E-state index contributed by atoms with van der Waals surface area (Å²) in [6.45, 7) is 4.56. The van der Waals surface area contributed by atoms with Gasteiger partial charge in [-0.1, -0.05) is 37.6 Å². The first-order valence-electron chi connectivity index (χ1n) is 6.11. The zero-order valence-corrected chi connectivity index (χ0v) is 12.0. The van der Waals surface area contributed by atoms with Gasteiger partial charge in [0.25, 0.3) is 0 Å². The largest absolute Gasteiger partial charge is 0.326 e. The van der Waals surface area contributed by atoms with Gasteiger partial charge in [-0.3, -0.25) is 0 Å². The van der Waals surface area contributed by atoms with Gasteiger partial charge in [-0.25, -0.2) is 0 Å². The Kier molecular flexibility index (Phi) is 4.06. The Balaban J connectivity index is 1.89. The van der Waals surface area contributed by atoms with Gasteiger partial charge in [-0.15, -0.1) is 0 Å². The lowest BCUT2D eigenvalue weighted by atomic mass is 9.88. The minimum absolute atomic E-state index is 0.303. The van der Waals surface area contributed by atoms with Crippen molar-refractivity contribution in [2.45, 2.75) is 43.7 Å². The molecule has 0 heterocycles. The second kappa shape index (κ2) is 5.21. The summed E-state index contributed by atoms with van der Waals surface area (Å²) in [5, 5.41) is 1.40. The molecule has 1 saturated carbocycles. The highest BCUT2D eigenvalue weighted by Gasteiger charge is 2.39. The maximum absolute atomic E-state index is 6.30. The maximum atomic E-state index is 6.30. The van der Waals surface area contributed by atoms with Crippen LogP contribution in [0.3, 0.4) is 0 Å². The highest BCUT2D eigenvalue weighted by atomic mass is 35.5. The molecule has 2 atom stereocenters. The van der Waals surface area contributed by atoms with E-state index >= 15 is 0 Å². The van der Waals surface area contributed by atoms with Crippen LogP contribution in [0, 0.1) is 5.41 Å². The number of thioether (sulfide) groups is 1. The molecule has 1 aliphatic carbocycles. The zero-order valence-electron chi connectivity index (χ0n) is 10.4. The van der Waals surface area contributed by atoms with E-state index in [-0.39, 0.29) is 0 Å². The molecule has 3 heteroatoms. The number of hydrogen-bond acceptors (Lipinski definition) is 2. The molecule has 1 nitrogen and oxygen atoms in total. The molecular formula is C14H20ClNS. The molecule has 1 aliphatic rings. The molecule has 0 aromatic heterocycles. The van der Waals surface area contributed by atoms with Gasteiger partial charge in [0, 0.05) is 22.1 Å². The molecule has 0 amide bonds. The van der Waals surface area contributed by atoms with Crippen molar-refractivity contribution in [2.75, 3.05) is 0 Å². The molecule has 1 fully saturated rings. The highest BCUT2D eigenvalue weighted by molar-refractivity contribution is 7.99. The quantitative estimate of drug-likeness (QED) is 0.894. The Morgan fingerprint density at radius 2 is 2.00 bits per heavy atom. The summed E-state index contributed by atoms with van der Waals surface area (Å²) in [5.74, 6) is 1.03. The molecule has 2 rings (SSSR count). The van der Waals surface area contributed by atoms with Crippen molar-refractivity contribution in [3.63, 3.8) is 0 Å². The monoisotopic (exact) mass is 269 g/mol. The molecule has 0 aliphatic heterocycles. The van der Waals surface area contributed by atoms with E-state index in [9.17, 15) is 0 Å². The predicted octanol–water partition coefficient (Wildman–Crippen LogP) is 4.09. The third kappa shape index (κ3) is 3.18. The summed E-state index contributed by atoms with van der Waals surface area (Å²) >= 11 is 7.86. The van der Waals surface area contributed by atoms with Crippen LogP contribution in [0.25, 0.3) is 0 Å². The van der Waals surface area contributed by atoms with E-state index in [0.29, 0.717) is 16.7 Å². The van der Waals surface area contributed by atoms with E-state index in [1.165, 1.54) is 18.4 Å². The van der Waals surface area contributed by atoms with Gasteiger partial charge in [0.2, 0.25) is 0 Å². The van der Waals surface area contributed by atoms with Crippen LogP contribution < -0.4 is 5.73 Å². The van der Waals surface area contributed by atoms with E-state index < -0.39 is 0 Å². The van der Waals surface area contributed by atoms with Crippen molar-refractivity contribution in [3.05, 3.63) is 34.9 Å². The molecule has 2 N–H and O–H groups in total. The lowest BCUT2D eigenvalue weighted by Gasteiger charge is -2.26. The van der Waals surface area contributed by atoms with Crippen molar-refractivity contribution >= 4 is 23.4 Å². The second-order valence-electron chi connectivity index (χ2n) is 5.53. The van der Waals surface area contributed by atoms with Gasteiger partial charge < -0.3 is 5.73 Å². The lowest BCUT2D eigenvalue weighted by molar-refractivity contribution is 0.334. The van der Waals surface area contributed by atoms with E-state index in [0.717, 1.165) is 10.8 Å². The molecule has 0 saturated heterocycles. The number of hydrogen-bond donors (Lipinski definition) is 1. The lowest BCUT2D eigenvalue weighted by Crippen LogP contribution is -2.38. The van der Waals surface area contributed by atoms with Gasteiger partial charge in [0.1, 0.15) is 0 Å². The van der Waals surface area contributed by atoms with E-state index in [4.69, 9.17) is 17.3 Å². The summed E-state index contributed by atoms with van der Waals surface area (Å²) in [5.41, 5.74) is 7.94. The molecule has 94 valence electrons. The third-order valence-corrected chi connectivity index (χ3v) is 5.46. The standard InChI is InChI=1S/C14H20ClNS/c1-14(2)8-7-12(13(14)16)17-9-10-3-5-11(15)6-4-10/h3-6,12-13H,7-9,16H2,1-2H3. The summed E-state index contributed by atoms with van der Waals surface area (Å²) in [6.07, 6.45) is 2.48. The van der Waals surface area contributed by atoms with Crippen molar-refractivity contribution in [1.82, 2.24) is 0 Å². The number of rotatable bonds is 3. The molecule has 0 spiro atoms. The van der Waals surface area contributed by atoms with Crippen LogP contribution in [0.2, 0.25) is 5.02 Å². The van der Waals surface area contributed by atoms with E-state index in [1.54, 1.807) is 0 Å². The van der Waals surface area contributed by atoms with Crippen LogP contribution in [0.15, 0.2) is 24.3 Å². The highest BCUT2D eigenvalue weighted by Crippen LogP contribution is 2.42. The molecule has 0 radical (unpaired) electrons. The molecule has 17 heavy (non-hydrogen) atoms. The average molecular weight is 270 g/mol. The van der Waals surface area contributed by atoms with Crippen molar-refractivity contribution in [1.29, 1.82) is 0 Å². The molecule has 2 unspecified atom stereocenters. The SMILES string of the molecule is CC1(C)CCC(SCc2ccc(Cl)cc2)C1N. The molecule has 0 bridgehead atoms. The van der Waals surface area contributed by atoms with E-state index in [1.807, 2.05) is 23.9 Å². The normalized spacial score (nSPS) is 27.3. The van der Waals surface area contributed by atoms with Gasteiger partial charge in [-0.05, 0) is 36.0 Å². The Bertz CT molecular complexity index is 374. The van der Waals surface area contributed by atoms with Gasteiger partial charge in [0.05, 0.1) is 0 Å². The fourth-order valence-corrected chi connectivity index (χ4v) is 3.92. The maximum Gasteiger partial charge on any atom is 0.0406 e. The topological polar surface area (TPSA) is 26.0 Å². The van der Waals surface area contributed by atoms with Crippen LogP contribution in [0.5, 0.6) is 0 Å². The number of halogens is 1. The van der Waals surface area contributed by atoms with Crippen LogP contribution in [0.4, 0.5) is 0 Å². The van der Waals surface area contributed by atoms with E-state index in [2.05, 4.69) is 26.0 Å².